The molecular formula is C29H43N3O3. The number of piperidine rings is 1. The van der Waals surface area contributed by atoms with Gasteiger partial charge in [-0.05, 0) is 89.7 Å². The van der Waals surface area contributed by atoms with Crippen molar-refractivity contribution in [2.75, 3.05) is 24.7 Å². The van der Waals surface area contributed by atoms with Gasteiger partial charge in [-0.25, -0.2) is 0 Å². The highest BCUT2D eigenvalue weighted by molar-refractivity contribution is 5.93. The average molecular weight is 482 g/mol. The summed E-state index contributed by atoms with van der Waals surface area (Å²) >= 11 is 0. The molecule has 1 aromatic carbocycles. The highest BCUT2D eigenvalue weighted by Gasteiger charge is 2.53. The highest BCUT2D eigenvalue weighted by Crippen LogP contribution is 2.52. The fourth-order valence-corrected chi connectivity index (χ4v) is 7.49. The van der Waals surface area contributed by atoms with Gasteiger partial charge in [0.25, 0.3) is 0 Å². The Morgan fingerprint density at radius 1 is 0.971 bits per heavy atom. The number of esters is 1. The van der Waals surface area contributed by atoms with Crippen LogP contribution in [0.5, 0.6) is 0 Å². The first-order chi connectivity index (χ1) is 16.7. The maximum atomic E-state index is 13.1. The van der Waals surface area contributed by atoms with E-state index in [1.165, 1.54) is 25.7 Å². The first kappa shape index (κ1) is 24.6. The first-order valence-electron chi connectivity index (χ1n) is 13.8. The Morgan fingerprint density at radius 2 is 1.66 bits per heavy atom. The van der Waals surface area contributed by atoms with Crippen LogP contribution in [0.3, 0.4) is 0 Å². The van der Waals surface area contributed by atoms with Crippen molar-refractivity contribution in [2.24, 2.45) is 11.3 Å². The van der Waals surface area contributed by atoms with E-state index >= 15 is 0 Å². The molecule has 2 aliphatic carbocycles. The van der Waals surface area contributed by atoms with Crippen LogP contribution in [0.2, 0.25) is 0 Å². The molecule has 0 radical (unpaired) electrons. The number of benzene rings is 1. The molecular weight excluding hydrogens is 438 g/mol. The van der Waals surface area contributed by atoms with Gasteiger partial charge in [-0.2, -0.15) is 0 Å². The van der Waals surface area contributed by atoms with Crippen LogP contribution >= 0.6 is 0 Å². The van der Waals surface area contributed by atoms with Gasteiger partial charge in [-0.3, -0.25) is 14.5 Å². The summed E-state index contributed by atoms with van der Waals surface area (Å²) in [7, 11) is 0. The van der Waals surface area contributed by atoms with Crippen molar-refractivity contribution in [1.82, 2.24) is 10.2 Å². The van der Waals surface area contributed by atoms with E-state index in [1.54, 1.807) is 0 Å². The van der Waals surface area contributed by atoms with Gasteiger partial charge >= 0.3 is 5.97 Å². The molecule has 192 valence electrons. The van der Waals surface area contributed by atoms with Crippen LogP contribution in [0.15, 0.2) is 30.3 Å². The number of hydrogen-bond donors (Lipinski definition) is 1. The zero-order valence-electron chi connectivity index (χ0n) is 21.9. The Bertz CT molecular complexity index is 909. The Kier molecular flexibility index (Phi) is 6.62. The number of rotatable bonds is 3. The topological polar surface area (TPSA) is 61.9 Å². The Morgan fingerprint density at radius 3 is 2.31 bits per heavy atom. The normalized spacial score (nSPS) is 31.5. The Balaban J connectivity index is 1.26. The number of nitrogens with one attached hydrogen (secondary N) is 1. The van der Waals surface area contributed by atoms with Crippen molar-refractivity contribution in [3.8, 4) is 0 Å². The second-order valence-corrected chi connectivity index (χ2v) is 12.4. The second-order valence-electron chi connectivity index (χ2n) is 12.4. The molecule has 5 rings (SSSR count). The zero-order chi connectivity index (χ0) is 24.7. The van der Waals surface area contributed by atoms with Crippen molar-refractivity contribution >= 4 is 17.6 Å². The third kappa shape index (κ3) is 4.71. The fraction of sp³-hybridized carbons (Fsp3) is 0.724. The summed E-state index contributed by atoms with van der Waals surface area (Å²) in [6.07, 6.45) is 11.0. The summed E-state index contributed by atoms with van der Waals surface area (Å²) in [5, 5.41) is 3.14. The molecule has 1 unspecified atom stereocenters. The number of anilines is 1. The summed E-state index contributed by atoms with van der Waals surface area (Å²) in [5.74, 6) is 0.235. The lowest BCUT2D eigenvalue weighted by Gasteiger charge is -2.55. The number of nitrogens with zero attached hydrogens (tertiary/aromatic N) is 2. The maximum absolute atomic E-state index is 13.1. The van der Waals surface area contributed by atoms with E-state index in [1.807, 2.05) is 26.8 Å². The number of carbonyl (C=O) groups excluding carboxylic acids is 2. The number of carbonyl (C=O) groups is 2. The SMILES string of the molecule is CC(C)(C)OC(=O)C1CCC2(CCCCC2N2CCC3(CC2)C(=O)NCN3c2ccccc2)CC1. The van der Waals surface area contributed by atoms with Crippen LogP contribution in [0.4, 0.5) is 5.69 Å². The van der Waals surface area contributed by atoms with E-state index in [9.17, 15) is 9.59 Å². The van der Waals surface area contributed by atoms with Gasteiger partial charge in [-0.15, -0.1) is 0 Å². The average Bonchev–Trinajstić information content (AvgIpc) is 3.15. The molecule has 2 saturated heterocycles. The van der Waals surface area contributed by atoms with E-state index in [4.69, 9.17) is 4.74 Å². The predicted molar refractivity (Wildman–Crippen MR) is 138 cm³/mol. The van der Waals surface area contributed by atoms with Gasteiger partial charge in [-0.1, -0.05) is 31.0 Å². The molecule has 4 aliphatic rings. The highest BCUT2D eigenvalue weighted by atomic mass is 16.6. The van der Waals surface area contributed by atoms with Gasteiger partial charge in [0.05, 0.1) is 12.6 Å². The van der Waals surface area contributed by atoms with Crippen LogP contribution in [0, 0.1) is 11.3 Å². The lowest BCUT2D eigenvalue weighted by molar-refractivity contribution is -0.163. The summed E-state index contributed by atoms with van der Waals surface area (Å²) in [4.78, 5) is 30.8. The number of ether oxygens (including phenoxy) is 1. The molecule has 1 atom stereocenters. The standard InChI is InChI=1S/C29H43N3O3/c1-27(2,3)35-25(33)22-12-15-28(16-13-22)14-8-7-11-24(28)31-19-17-29(18-20-31)26(34)30-21-32(29)23-9-5-4-6-10-23/h4-6,9-10,22,24H,7-8,11-21H2,1-3H3,(H,30,34). The minimum atomic E-state index is -0.423. The van der Waals surface area contributed by atoms with Crippen LogP contribution in [-0.2, 0) is 14.3 Å². The number of para-hydroxylation sites is 1. The van der Waals surface area contributed by atoms with Crippen molar-refractivity contribution in [2.45, 2.75) is 102 Å². The van der Waals surface area contributed by atoms with Gasteiger partial charge in [0.1, 0.15) is 11.1 Å². The van der Waals surface area contributed by atoms with Gasteiger partial charge in [0.2, 0.25) is 5.91 Å². The van der Waals surface area contributed by atoms with Crippen LogP contribution in [0.25, 0.3) is 0 Å². The number of amides is 1. The Hall–Kier alpha value is -2.08. The summed E-state index contributed by atoms with van der Waals surface area (Å²) in [6, 6.07) is 11.0. The summed E-state index contributed by atoms with van der Waals surface area (Å²) in [6.45, 7) is 8.41. The largest absolute Gasteiger partial charge is 0.460 e. The molecule has 0 bridgehead atoms. The molecule has 35 heavy (non-hydrogen) atoms. The predicted octanol–water partition coefficient (Wildman–Crippen LogP) is 4.88. The van der Waals surface area contributed by atoms with Crippen LogP contribution < -0.4 is 10.2 Å². The molecule has 1 amide bonds. The van der Waals surface area contributed by atoms with E-state index in [-0.39, 0.29) is 17.8 Å². The van der Waals surface area contributed by atoms with Crippen molar-refractivity contribution in [3.05, 3.63) is 30.3 Å². The number of hydrogen-bond acceptors (Lipinski definition) is 5. The summed E-state index contributed by atoms with van der Waals surface area (Å²) in [5.41, 5.74) is 0.615. The molecule has 2 spiro atoms. The molecule has 6 heteroatoms. The monoisotopic (exact) mass is 481 g/mol. The molecule has 2 saturated carbocycles. The molecule has 1 N–H and O–H groups in total. The third-order valence-corrected chi connectivity index (χ3v) is 9.30. The first-order valence-corrected chi connectivity index (χ1v) is 13.8. The minimum Gasteiger partial charge on any atom is -0.460 e. The van der Waals surface area contributed by atoms with E-state index in [0.29, 0.717) is 18.1 Å². The van der Waals surface area contributed by atoms with E-state index in [2.05, 4.69) is 39.4 Å². The lowest BCUT2D eigenvalue weighted by Crippen LogP contribution is -2.60. The van der Waals surface area contributed by atoms with Crippen LogP contribution in [-0.4, -0.2) is 53.7 Å². The molecule has 1 aromatic rings. The van der Waals surface area contributed by atoms with Gasteiger partial charge in [0.15, 0.2) is 0 Å². The second kappa shape index (κ2) is 9.42. The lowest BCUT2D eigenvalue weighted by atomic mass is 9.60. The van der Waals surface area contributed by atoms with Crippen LogP contribution in [0.1, 0.15) is 85.0 Å². The maximum Gasteiger partial charge on any atom is 0.309 e. The third-order valence-electron chi connectivity index (χ3n) is 9.30. The van der Waals surface area contributed by atoms with E-state index in [0.717, 1.165) is 57.3 Å². The smallest absolute Gasteiger partial charge is 0.309 e. The van der Waals surface area contributed by atoms with Crippen molar-refractivity contribution in [3.63, 3.8) is 0 Å². The summed E-state index contributed by atoms with van der Waals surface area (Å²) < 4.78 is 5.71. The molecule has 2 heterocycles. The zero-order valence-corrected chi connectivity index (χ0v) is 21.9. The molecule has 2 aliphatic heterocycles. The van der Waals surface area contributed by atoms with Gasteiger partial charge < -0.3 is 15.0 Å². The molecule has 4 fully saturated rings. The fourth-order valence-electron chi connectivity index (χ4n) is 7.49. The van der Waals surface area contributed by atoms with E-state index < -0.39 is 11.1 Å². The van der Waals surface area contributed by atoms with Crippen molar-refractivity contribution in [1.29, 1.82) is 0 Å². The minimum absolute atomic E-state index is 0.00660. The Labute approximate surface area is 210 Å². The van der Waals surface area contributed by atoms with Crippen molar-refractivity contribution < 1.29 is 14.3 Å². The van der Waals surface area contributed by atoms with Gasteiger partial charge in [0, 0.05) is 24.8 Å². The molecule has 6 nitrogen and oxygen atoms in total. The quantitative estimate of drug-likeness (QED) is 0.624. The molecule has 0 aromatic heterocycles. The number of likely N-dealkylation sites (tertiary alicyclic amines) is 1.